The van der Waals surface area contributed by atoms with Crippen LogP contribution in [-0.2, 0) is 18.3 Å². The second-order valence-electron chi connectivity index (χ2n) is 4.51. The van der Waals surface area contributed by atoms with Gasteiger partial charge in [0.25, 0.3) is 0 Å². The van der Waals surface area contributed by atoms with Crippen molar-refractivity contribution >= 4 is 11.8 Å². The Morgan fingerprint density at radius 2 is 1.67 bits per heavy atom. The number of ketones is 1. The molecular formula is C15H16NNaO4. The van der Waals surface area contributed by atoms with Crippen LogP contribution < -0.4 is 34.7 Å². The first-order chi connectivity index (χ1) is 8.99. The number of rotatable bonds is 4. The third-order valence-electron chi connectivity index (χ3n) is 3.10. The van der Waals surface area contributed by atoms with Gasteiger partial charge in [-0.15, -0.1) is 0 Å². The van der Waals surface area contributed by atoms with Crippen molar-refractivity contribution in [3.05, 3.63) is 58.9 Å². The first-order valence-corrected chi connectivity index (χ1v) is 5.95. The molecule has 0 saturated carbocycles. The van der Waals surface area contributed by atoms with Crippen molar-refractivity contribution in [3.8, 4) is 0 Å². The predicted molar refractivity (Wildman–Crippen MR) is 72.3 cm³/mol. The molecule has 0 amide bonds. The molecule has 0 aliphatic carbocycles. The Balaban J connectivity index is 0.00000200. The predicted octanol–water partition coefficient (Wildman–Crippen LogP) is -2.96. The molecule has 106 valence electrons. The molecule has 1 heterocycles. The fraction of sp³-hybridized carbons (Fsp3) is 0.200. The number of carbonyl (C=O) groups is 2. The van der Waals surface area contributed by atoms with E-state index >= 15 is 0 Å². The van der Waals surface area contributed by atoms with Crippen LogP contribution >= 0.6 is 0 Å². The van der Waals surface area contributed by atoms with E-state index in [0.717, 1.165) is 5.56 Å². The Morgan fingerprint density at radius 3 is 2.19 bits per heavy atom. The van der Waals surface area contributed by atoms with Gasteiger partial charge in [-0.25, -0.2) is 0 Å². The largest absolute Gasteiger partial charge is 1.00 e. The zero-order valence-electron chi connectivity index (χ0n) is 12.3. The van der Waals surface area contributed by atoms with E-state index in [-0.39, 0.29) is 47.2 Å². The topological polar surface area (TPSA) is 93.6 Å². The minimum atomic E-state index is -1.16. The van der Waals surface area contributed by atoms with Crippen LogP contribution in [-0.4, -0.2) is 21.8 Å². The third-order valence-corrected chi connectivity index (χ3v) is 3.10. The van der Waals surface area contributed by atoms with Gasteiger partial charge < -0.3 is 19.9 Å². The van der Waals surface area contributed by atoms with E-state index in [1.165, 1.54) is 0 Å². The normalized spacial score (nSPS) is 9.43. The van der Waals surface area contributed by atoms with Gasteiger partial charge in [-0.05, 0) is 19.1 Å². The Morgan fingerprint density at radius 1 is 1.10 bits per heavy atom. The molecule has 0 unspecified atom stereocenters. The quantitative estimate of drug-likeness (QED) is 0.446. The van der Waals surface area contributed by atoms with Crippen molar-refractivity contribution < 1.29 is 49.7 Å². The summed E-state index contributed by atoms with van der Waals surface area (Å²) in [5.41, 5.74) is 2.70. The Kier molecular flexibility index (Phi) is 7.60. The van der Waals surface area contributed by atoms with Crippen LogP contribution in [0.2, 0.25) is 0 Å². The summed E-state index contributed by atoms with van der Waals surface area (Å²) >= 11 is 0. The van der Waals surface area contributed by atoms with Gasteiger partial charge in [0.15, 0.2) is 0 Å². The summed E-state index contributed by atoms with van der Waals surface area (Å²) in [7, 11) is 1.68. The standard InChI is InChI=1S/C15H15NO3.Na.H2O/c1-10-3-5-11(6-4-10)15(19)13-8-7-12(16(13)2)9-14(17)18;;/h3-8H,9H2,1-2H3,(H,17,18);;1H2/q;+1;/p-1. The van der Waals surface area contributed by atoms with E-state index < -0.39 is 5.97 Å². The Bertz CT molecular complexity index is 632. The number of carbonyl (C=O) groups excluding carboxylic acids is 2. The molecular weight excluding hydrogens is 281 g/mol. The zero-order chi connectivity index (χ0) is 14.0. The van der Waals surface area contributed by atoms with Gasteiger partial charge in [-0.3, -0.25) is 4.79 Å². The average molecular weight is 297 g/mol. The molecule has 1 aromatic carbocycles. The maximum absolute atomic E-state index is 12.3. The number of aryl methyl sites for hydroxylation is 1. The molecule has 0 aliphatic heterocycles. The zero-order valence-corrected chi connectivity index (χ0v) is 14.3. The number of aliphatic carboxylic acids is 1. The molecule has 2 aromatic rings. The number of carboxylic acid groups (broad SMARTS) is 1. The average Bonchev–Trinajstić information content (AvgIpc) is 2.70. The van der Waals surface area contributed by atoms with E-state index in [0.29, 0.717) is 17.0 Å². The summed E-state index contributed by atoms with van der Waals surface area (Å²) in [6, 6.07) is 10.6. The molecule has 2 rings (SSSR count). The SMILES string of the molecule is Cc1ccc(C(=O)c2ccc(CC(=O)[O-])n2C)cc1.O.[Na+]. The number of carboxylic acids is 1. The van der Waals surface area contributed by atoms with Crippen LogP contribution in [0.1, 0.15) is 27.3 Å². The van der Waals surface area contributed by atoms with Crippen molar-refractivity contribution in [1.82, 2.24) is 4.57 Å². The second-order valence-corrected chi connectivity index (χ2v) is 4.51. The summed E-state index contributed by atoms with van der Waals surface area (Å²) in [5, 5.41) is 10.6. The molecule has 1 aromatic heterocycles. The molecule has 0 spiro atoms. The molecule has 0 bridgehead atoms. The van der Waals surface area contributed by atoms with Gasteiger partial charge in [0.2, 0.25) is 5.78 Å². The number of hydrogen-bond donors (Lipinski definition) is 0. The van der Waals surface area contributed by atoms with Crippen molar-refractivity contribution in [2.24, 2.45) is 7.05 Å². The summed E-state index contributed by atoms with van der Waals surface area (Å²) in [6.45, 7) is 1.95. The van der Waals surface area contributed by atoms with Gasteiger partial charge in [-0.2, -0.15) is 0 Å². The van der Waals surface area contributed by atoms with Crippen LogP contribution in [0.3, 0.4) is 0 Å². The molecule has 6 heteroatoms. The van der Waals surface area contributed by atoms with Crippen LogP contribution in [0.15, 0.2) is 36.4 Å². The van der Waals surface area contributed by atoms with E-state index in [4.69, 9.17) is 0 Å². The number of aromatic nitrogens is 1. The minimum absolute atomic E-state index is 0. The molecule has 0 radical (unpaired) electrons. The van der Waals surface area contributed by atoms with Gasteiger partial charge in [0.1, 0.15) is 0 Å². The van der Waals surface area contributed by atoms with Gasteiger partial charge in [0.05, 0.1) is 5.69 Å². The molecule has 0 aliphatic rings. The van der Waals surface area contributed by atoms with Gasteiger partial charge in [0, 0.05) is 30.7 Å². The number of hydrogen-bond acceptors (Lipinski definition) is 3. The Hall–Kier alpha value is -1.40. The van der Waals surface area contributed by atoms with Crippen LogP contribution in [0.4, 0.5) is 0 Å². The van der Waals surface area contributed by atoms with Crippen molar-refractivity contribution in [2.75, 3.05) is 0 Å². The minimum Gasteiger partial charge on any atom is -0.550 e. The fourth-order valence-electron chi connectivity index (χ4n) is 1.96. The first kappa shape index (κ1) is 19.6. The summed E-state index contributed by atoms with van der Waals surface area (Å²) < 4.78 is 1.60. The molecule has 0 fully saturated rings. The summed E-state index contributed by atoms with van der Waals surface area (Å²) in [5.74, 6) is -1.28. The van der Waals surface area contributed by atoms with Crippen LogP contribution in [0, 0.1) is 6.92 Å². The van der Waals surface area contributed by atoms with Crippen molar-refractivity contribution in [3.63, 3.8) is 0 Å². The molecule has 2 N–H and O–H groups in total. The van der Waals surface area contributed by atoms with E-state index in [1.807, 2.05) is 19.1 Å². The van der Waals surface area contributed by atoms with Crippen molar-refractivity contribution in [1.29, 1.82) is 0 Å². The maximum atomic E-state index is 12.3. The van der Waals surface area contributed by atoms with Gasteiger partial charge in [-0.1, -0.05) is 29.8 Å². The smallest absolute Gasteiger partial charge is 0.550 e. The third kappa shape index (κ3) is 4.54. The van der Waals surface area contributed by atoms with E-state index in [9.17, 15) is 14.7 Å². The van der Waals surface area contributed by atoms with E-state index in [2.05, 4.69) is 0 Å². The number of benzene rings is 1. The molecule has 21 heavy (non-hydrogen) atoms. The first-order valence-electron chi connectivity index (χ1n) is 5.95. The van der Waals surface area contributed by atoms with Gasteiger partial charge >= 0.3 is 29.6 Å². The maximum Gasteiger partial charge on any atom is 1.00 e. The molecule has 0 saturated heterocycles. The number of nitrogens with zero attached hydrogens (tertiary/aromatic N) is 1. The van der Waals surface area contributed by atoms with E-state index in [1.54, 1.807) is 35.9 Å². The summed E-state index contributed by atoms with van der Waals surface area (Å²) in [6.07, 6.45) is -0.197. The molecule has 0 atom stereocenters. The van der Waals surface area contributed by atoms with Crippen LogP contribution in [0.25, 0.3) is 0 Å². The monoisotopic (exact) mass is 297 g/mol. The van der Waals surface area contributed by atoms with Crippen LogP contribution in [0.5, 0.6) is 0 Å². The summed E-state index contributed by atoms with van der Waals surface area (Å²) in [4.78, 5) is 22.9. The Labute approximate surface area is 145 Å². The second kappa shape index (κ2) is 8.14. The fourth-order valence-corrected chi connectivity index (χ4v) is 1.96. The van der Waals surface area contributed by atoms with Crippen molar-refractivity contribution in [2.45, 2.75) is 13.3 Å². The molecule has 5 nitrogen and oxygen atoms in total.